The van der Waals surface area contributed by atoms with Crippen LogP contribution >= 0.6 is 0 Å². The molecule has 19 heavy (non-hydrogen) atoms. The molecule has 0 spiro atoms. The highest BCUT2D eigenvalue weighted by atomic mass is 19.1. The third-order valence-corrected chi connectivity index (χ3v) is 4.44. The Morgan fingerprint density at radius 2 is 2.11 bits per heavy atom. The van der Waals surface area contributed by atoms with Gasteiger partial charge < -0.3 is 4.74 Å². The van der Waals surface area contributed by atoms with Gasteiger partial charge in [-0.25, -0.2) is 4.39 Å². The number of halogens is 1. The van der Waals surface area contributed by atoms with E-state index in [0.717, 1.165) is 39.3 Å². The average molecular weight is 272 g/mol. The Hall–Kier alpha value is -0.270. The first-order valence-corrected chi connectivity index (χ1v) is 7.50. The first kappa shape index (κ1) is 13.7. The van der Waals surface area contributed by atoms with Crippen LogP contribution in [-0.4, -0.2) is 62.9 Å². The molecule has 3 N–H and O–H groups in total. The number of rotatable bonds is 4. The van der Waals surface area contributed by atoms with Gasteiger partial charge in [-0.1, -0.05) is 0 Å². The van der Waals surface area contributed by atoms with Crippen molar-refractivity contribution in [3.05, 3.63) is 0 Å². The third kappa shape index (κ3) is 3.25. The van der Waals surface area contributed by atoms with Crippen molar-refractivity contribution >= 4 is 0 Å². The lowest BCUT2D eigenvalue weighted by atomic mass is 10.1. The van der Waals surface area contributed by atoms with Crippen LogP contribution in [0.2, 0.25) is 0 Å². The minimum atomic E-state index is -0.908. The number of nitrogens with one attached hydrogen (secondary N) is 3. The molecule has 0 radical (unpaired) electrons. The van der Waals surface area contributed by atoms with Gasteiger partial charge in [0.05, 0.1) is 18.9 Å². The molecule has 4 unspecified atom stereocenters. The van der Waals surface area contributed by atoms with E-state index in [1.807, 2.05) is 0 Å². The maximum Gasteiger partial charge on any atom is 0.157 e. The standard InChI is InChI=1S/C13H25FN4O/c14-11-12(15-7-10-3-6-19-8-10)16-9-17-13(11)18-4-1-2-5-18/h10-13,15-17H,1-9H2. The van der Waals surface area contributed by atoms with Crippen LogP contribution in [0.25, 0.3) is 0 Å². The molecule has 3 fully saturated rings. The molecule has 6 heteroatoms. The molecule has 0 aromatic rings. The van der Waals surface area contributed by atoms with Crippen molar-refractivity contribution in [1.29, 1.82) is 0 Å². The largest absolute Gasteiger partial charge is 0.381 e. The van der Waals surface area contributed by atoms with Crippen LogP contribution in [0.5, 0.6) is 0 Å². The van der Waals surface area contributed by atoms with Crippen LogP contribution in [0, 0.1) is 5.92 Å². The van der Waals surface area contributed by atoms with Crippen molar-refractivity contribution in [3.63, 3.8) is 0 Å². The molecule has 0 aromatic heterocycles. The number of hydrogen-bond acceptors (Lipinski definition) is 5. The Morgan fingerprint density at radius 3 is 2.84 bits per heavy atom. The van der Waals surface area contributed by atoms with E-state index in [1.54, 1.807) is 0 Å². The van der Waals surface area contributed by atoms with Crippen LogP contribution in [0.3, 0.4) is 0 Å². The molecule has 3 aliphatic heterocycles. The summed E-state index contributed by atoms with van der Waals surface area (Å²) in [7, 11) is 0. The molecule has 3 heterocycles. The molecule has 0 saturated carbocycles. The normalized spacial score (nSPS) is 40.9. The zero-order chi connectivity index (χ0) is 13.1. The number of nitrogens with zero attached hydrogens (tertiary/aromatic N) is 1. The molecule has 3 saturated heterocycles. The summed E-state index contributed by atoms with van der Waals surface area (Å²) in [6, 6.07) is 0. The molecule has 0 amide bonds. The summed E-state index contributed by atoms with van der Waals surface area (Å²) >= 11 is 0. The molecular weight excluding hydrogens is 247 g/mol. The van der Waals surface area contributed by atoms with Gasteiger partial charge in [-0.2, -0.15) is 0 Å². The zero-order valence-corrected chi connectivity index (χ0v) is 11.4. The van der Waals surface area contributed by atoms with Gasteiger partial charge in [-0.15, -0.1) is 0 Å². The average Bonchev–Trinajstić information content (AvgIpc) is 3.11. The van der Waals surface area contributed by atoms with E-state index < -0.39 is 6.17 Å². The van der Waals surface area contributed by atoms with Crippen LogP contribution in [0.15, 0.2) is 0 Å². The van der Waals surface area contributed by atoms with Crippen molar-refractivity contribution in [2.75, 3.05) is 39.5 Å². The second kappa shape index (κ2) is 6.45. The Bertz CT molecular complexity index is 282. The predicted molar refractivity (Wildman–Crippen MR) is 71.3 cm³/mol. The van der Waals surface area contributed by atoms with E-state index in [9.17, 15) is 4.39 Å². The van der Waals surface area contributed by atoms with Gasteiger partial charge in [-0.05, 0) is 38.3 Å². The van der Waals surface area contributed by atoms with Gasteiger partial charge in [0, 0.05) is 19.8 Å². The summed E-state index contributed by atoms with van der Waals surface area (Å²) in [4.78, 5) is 2.23. The van der Waals surface area contributed by atoms with Gasteiger partial charge in [-0.3, -0.25) is 20.9 Å². The van der Waals surface area contributed by atoms with E-state index in [4.69, 9.17) is 4.74 Å². The Labute approximate surface area is 114 Å². The molecule has 0 bridgehead atoms. The van der Waals surface area contributed by atoms with E-state index in [2.05, 4.69) is 20.9 Å². The van der Waals surface area contributed by atoms with Crippen molar-refractivity contribution < 1.29 is 9.13 Å². The van der Waals surface area contributed by atoms with E-state index in [1.165, 1.54) is 12.8 Å². The van der Waals surface area contributed by atoms with Gasteiger partial charge in [0.1, 0.15) is 0 Å². The van der Waals surface area contributed by atoms with E-state index in [-0.39, 0.29) is 12.3 Å². The first-order valence-electron chi connectivity index (χ1n) is 7.50. The number of alkyl halides is 1. The second-order valence-corrected chi connectivity index (χ2v) is 5.83. The molecule has 0 aromatic carbocycles. The van der Waals surface area contributed by atoms with Gasteiger partial charge in [0.25, 0.3) is 0 Å². The van der Waals surface area contributed by atoms with Crippen molar-refractivity contribution in [2.45, 2.75) is 37.8 Å². The van der Waals surface area contributed by atoms with Crippen LogP contribution < -0.4 is 16.0 Å². The van der Waals surface area contributed by atoms with Crippen molar-refractivity contribution in [3.8, 4) is 0 Å². The maximum absolute atomic E-state index is 14.6. The van der Waals surface area contributed by atoms with Crippen LogP contribution in [-0.2, 0) is 4.74 Å². The summed E-state index contributed by atoms with van der Waals surface area (Å²) in [6.07, 6.45) is 2.18. The number of hydrogen-bond donors (Lipinski definition) is 3. The second-order valence-electron chi connectivity index (χ2n) is 5.83. The fourth-order valence-electron chi connectivity index (χ4n) is 3.25. The van der Waals surface area contributed by atoms with Gasteiger partial charge in [0.2, 0.25) is 0 Å². The highest BCUT2D eigenvalue weighted by Crippen LogP contribution is 2.18. The molecule has 110 valence electrons. The molecular formula is C13H25FN4O. The Balaban J connectivity index is 1.49. The summed E-state index contributed by atoms with van der Waals surface area (Å²) in [6.45, 7) is 5.19. The topological polar surface area (TPSA) is 48.6 Å². The van der Waals surface area contributed by atoms with Crippen molar-refractivity contribution in [1.82, 2.24) is 20.9 Å². The molecule has 4 atom stereocenters. The fraction of sp³-hybridized carbons (Fsp3) is 1.00. The quantitative estimate of drug-likeness (QED) is 0.664. The lowest BCUT2D eigenvalue weighted by Gasteiger charge is -2.40. The van der Waals surface area contributed by atoms with Gasteiger partial charge >= 0.3 is 0 Å². The van der Waals surface area contributed by atoms with E-state index >= 15 is 0 Å². The molecule has 0 aliphatic carbocycles. The predicted octanol–water partition coefficient (Wildman–Crippen LogP) is -0.151. The number of likely N-dealkylation sites (tertiary alicyclic amines) is 1. The van der Waals surface area contributed by atoms with Crippen LogP contribution in [0.1, 0.15) is 19.3 Å². The van der Waals surface area contributed by atoms with E-state index in [0.29, 0.717) is 12.6 Å². The molecule has 3 aliphatic rings. The molecule has 3 rings (SSSR count). The highest BCUT2D eigenvalue weighted by Gasteiger charge is 2.37. The fourth-order valence-corrected chi connectivity index (χ4v) is 3.25. The zero-order valence-electron chi connectivity index (χ0n) is 11.4. The summed E-state index contributed by atoms with van der Waals surface area (Å²) in [5.41, 5.74) is 0. The summed E-state index contributed by atoms with van der Waals surface area (Å²) < 4.78 is 19.9. The lowest BCUT2D eigenvalue weighted by molar-refractivity contribution is 0.0374. The highest BCUT2D eigenvalue weighted by molar-refractivity contribution is 4.91. The third-order valence-electron chi connectivity index (χ3n) is 4.44. The first-order chi connectivity index (χ1) is 9.34. The SMILES string of the molecule is FC1C(NCC2CCOC2)NCNC1N1CCCC1. The summed E-state index contributed by atoms with van der Waals surface area (Å²) in [5.74, 6) is 0.536. The summed E-state index contributed by atoms with van der Waals surface area (Å²) in [5, 5.41) is 9.76. The lowest BCUT2D eigenvalue weighted by Crippen LogP contribution is -2.68. The Morgan fingerprint density at radius 1 is 1.26 bits per heavy atom. The minimum Gasteiger partial charge on any atom is -0.381 e. The maximum atomic E-state index is 14.6. The smallest absolute Gasteiger partial charge is 0.157 e. The number of ether oxygens (including phenoxy) is 1. The minimum absolute atomic E-state index is 0.138. The Kier molecular flexibility index (Phi) is 4.65. The van der Waals surface area contributed by atoms with Gasteiger partial charge in [0.15, 0.2) is 6.17 Å². The molecule has 5 nitrogen and oxygen atoms in total. The van der Waals surface area contributed by atoms with Crippen LogP contribution in [0.4, 0.5) is 4.39 Å². The van der Waals surface area contributed by atoms with Crippen molar-refractivity contribution in [2.24, 2.45) is 5.92 Å². The monoisotopic (exact) mass is 272 g/mol.